The Morgan fingerprint density at radius 3 is 2.05 bits per heavy atom. The van der Waals surface area contributed by atoms with Gasteiger partial charge in [0.15, 0.2) is 0 Å². The van der Waals surface area contributed by atoms with Crippen molar-refractivity contribution >= 4 is 17.8 Å². The van der Waals surface area contributed by atoms with Crippen LogP contribution in [0.15, 0.2) is 42.0 Å². The van der Waals surface area contributed by atoms with Crippen molar-refractivity contribution in [1.82, 2.24) is 15.5 Å². The van der Waals surface area contributed by atoms with E-state index < -0.39 is 28.9 Å². The first-order valence-corrected chi connectivity index (χ1v) is 13.3. The van der Waals surface area contributed by atoms with Crippen molar-refractivity contribution in [1.29, 1.82) is 0 Å². The number of carbonyl (C=O) groups excluding carboxylic acids is 3. The maximum Gasteiger partial charge on any atom is 0.333 e. The third-order valence-corrected chi connectivity index (χ3v) is 7.23. The lowest BCUT2D eigenvalue weighted by atomic mass is 9.76. The predicted octanol–water partition coefficient (Wildman–Crippen LogP) is 4.47. The molecule has 0 aliphatic rings. The van der Waals surface area contributed by atoms with E-state index in [1.54, 1.807) is 38.9 Å². The molecule has 37 heavy (non-hydrogen) atoms. The van der Waals surface area contributed by atoms with Crippen molar-refractivity contribution < 1.29 is 19.1 Å². The molecular weight excluding hydrogens is 466 g/mol. The summed E-state index contributed by atoms with van der Waals surface area (Å²) in [4.78, 5) is 41.5. The van der Waals surface area contributed by atoms with Gasteiger partial charge in [0.2, 0.25) is 11.8 Å². The molecule has 0 aliphatic carbocycles. The molecule has 0 aliphatic heterocycles. The maximum absolute atomic E-state index is 13.9. The molecule has 0 heterocycles. The summed E-state index contributed by atoms with van der Waals surface area (Å²) in [5.41, 5.74) is 0.423. The number of rotatable bonds is 12. The predicted molar refractivity (Wildman–Crippen MR) is 150 cm³/mol. The van der Waals surface area contributed by atoms with Crippen LogP contribution in [0.25, 0.3) is 0 Å². The second kappa shape index (κ2) is 13.8. The van der Waals surface area contributed by atoms with Crippen molar-refractivity contribution in [3.63, 3.8) is 0 Å². The molecule has 0 saturated heterocycles. The zero-order chi connectivity index (χ0) is 28.6. The Morgan fingerprint density at radius 1 is 1.03 bits per heavy atom. The van der Waals surface area contributed by atoms with Crippen molar-refractivity contribution in [3.8, 4) is 0 Å². The van der Waals surface area contributed by atoms with Gasteiger partial charge in [0.1, 0.15) is 6.04 Å². The lowest BCUT2D eigenvalue weighted by Crippen LogP contribution is -2.61. The minimum Gasteiger partial charge on any atom is -0.463 e. The van der Waals surface area contributed by atoms with Crippen LogP contribution in [0.1, 0.15) is 74.3 Å². The van der Waals surface area contributed by atoms with Gasteiger partial charge in [-0.3, -0.25) is 9.59 Å². The first-order valence-electron chi connectivity index (χ1n) is 13.3. The summed E-state index contributed by atoms with van der Waals surface area (Å²) in [5.74, 6) is -0.739. The Morgan fingerprint density at radius 2 is 1.59 bits per heavy atom. The molecule has 2 N–H and O–H groups in total. The zero-order valence-electron chi connectivity index (χ0n) is 24.8. The van der Waals surface area contributed by atoms with Crippen LogP contribution >= 0.6 is 0 Å². The van der Waals surface area contributed by atoms with E-state index in [2.05, 4.69) is 17.6 Å². The maximum atomic E-state index is 13.9. The van der Waals surface area contributed by atoms with Gasteiger partial charge in [-0.1, -0.05) is 91.3 Å². The van der Waals surface area contributed by atoms with Gasteiger partial charge in [-0.15, -0.1) is 0 Å². The fourth-order valence-corrected chi connectivity index (χ4v) is 4.55. The largest absolute Gasteiger partial charge is 0.463 e. The number of ether oxygens (including phenoxy) is 1. The SMILES string of the molecule is CCOC(=O)C(C)=C[C@H](C(C)CC)N(C)C(=O)[C@@H](NC(=O)[C@@H](NC)C(C)(C)c1ccccc1)C(C)(C)C. The van der Waals surface area contributed by atoms with Crippen LogP contribution in [0, 0.1) is 11.3 Å². The highest BCUT2D eigenvalue weighted by Gasteiger charge is 2.41. The van der Waals surface area contributed by atoms with E-state index in [9.17, 15) is 14.4 Å². The van der Waals surface area contributed by atoms with Crippen molar-refractivity contribution in [3.05, 3.63) is 47.5 Å². The topological polar surface area (TPSA) is 87.7 Å². The number of benzene rings is 1. The molecule has 2 amide bonds. The molecule has 1 unspecified atom stereocenters. The van der Waals surface area contributed by atoms with Gasteiger partial charge < -0.3 is 20.3 Å². The first kappa shape index (κ1) is 32.4. The number of nitrogens with zero attached hydrogens (tertiary/aromatic N) is 1. The standard InChI is InChI=1S/C30H49N3O4/c1-12-20(3)23(19-21(4)28(36)37-13-2)33(11)27(35)25(29(5,6)7)32-26(34)24(31-10)30(8,9)22-17-15-14-16-18-22/h14-20,23-25,31H,12-13H2,1-11H3,(H,32,34)/t20?,23-,24-,25-/m1/s1. The lowest BCUT2D eigenvalue weighted by molar-refractivity contribution is -0.141. The number of carbonyl (C=O) groups is 3. The van der Waals surface area contributed by atoms with Gasteiger partial charge in [-0.05, 0) is 37.8 Å². The summed E-state index contributed by atoms with van der Waals surface area (Å²) in [7, 11) is 3.50. The fraction of sp³-hybridized carbons (Fsp3) is 0.633. The smallest absolute Gasteiger partial charge is 0.333 e. The summed E-state index contributed by atoms with van der Waals surface area (Å²) >= 11 is 0. The molecule has 4 atom stereocenters. The number of nitrogens with one attached hydrogen (secondary N) is 2. The van der Waals surface area contributed by atoms with Crippen LogP contribution in [0.5, 0.6) is 0 Å². The van der Waals surface area contributed by atoms with Crippen molar-refractivity contribution in [2.24, 2.45) is 11.3 Å². The van der Waals surface area contributed by atoms with Gasteiger partial charge in [-0.25, -0.2) is 4.79 Å². The second-order valence-electron chi connectivity index (χ2n) is 11.5. The van der Waals surface area contributed by atoms with E-state index in [4.69, 9.17) is 4.74 Å². The molecule has 0 spiro atoms. The van der Waals surface area contributed by atoms with Crippen LogP contribution in [-0.4, -0.2) is 61.5 Å². The number of hydrogen-bond acceptors (Lipinski definition) is 5. The highest BCUT2D eigenvalue weighted by Crippen LogP contribution is 2.29. The lowest BCUT2D eigenvalue weighted by Gasteiger charge is -2.40. The number of amides is 2. The van der Waals surface area contributed by atoms with Crippen LogP contribution < -0.4 is 10.6 Å². The average molecular weight is 516 g/mol. The molecule has 0 aromatic heterocycles. The fourth-order valence-electron chi connectivity index (χ4n) is 4.55. The summed E-state index contributed by atoms with van der Waals surface area (Å²) < 4.78 is 5.14. The molecule has 1 aromatic rings. The van der Waals surface area contributed by atoms with Crippen LogP contribution in [-0.2, 0) is 24.5 Å². The third-order valence-electron chi connectivity index (χ3n) is 7.23. The third kappa shape index (κ3) is 8.42. The van der Waals surface area contributed by atoms with Gasteiger partial charge in [0.05, 0.1) is 18.7 Å². The average Bonchev–Trinajstić information content (AvgIpc) is 2.84. The van der Waals surface area contributed by atoms with Crippen LogP contribution in [0.2, 0.25) is 0 Å². The summed E-state index contributed by atoms with van der Waals surface area (Å²) in [6, 6.07) is 8.22. The molecule has 0 bridgehead atoms. The summed E-state index contributed by atoms with van der Waals surface area (Å²) in [5, 5.41) is 6.24. The summed E-state index contributed by atoms with van der Waals surface area (Å²) in [6.07, 6.45) is 2.62. The number of esters is 1. The minimum absolute atomic E-state index is 0.0942. The molecule has 1 aromatic carbocycles. The van der Waals surface area contributed by atoms with Gasteiger partial charge in [-0.2, -0.15) is 0 Å². The molecule has 1 rings (SSSR count). The van der Waals surface area contributed by atoms with Crippen molar-refractivity contribution in [2.75, 3.05) is 20.7 Å². The quantitative estimate of drug-likeness (QED) is 0.317. The molecule has 0 fully saturated rings. The normalized spacial score (nSPS) is 15.8. The highest BCUT2D eigenvalue weighted by molar-refractivity contribution is 5.92. The van der Waals surface area contributed by atoms with Gasteiger partial charge >= 0.3 is 5.97 Å². The van der Waals surface area contributed by atoms with Crippen molar-refractivity contribution in [2.45, 2.75) is 92.3 Å². The molecule has 0 radical (unpaired) electrons. The van der Waals surface area contributed by atoms with Crippen LogP contribution in [0.3, 0.4) is 0 Å². The number of hydrogen-bond donors (Lipinski definition) is 2. The van der Waals surface area contributed by atoms with E-state index >= 15 is 0 Å². The van der Waals surface area contributed by atoms with E-state index in [1.807, 2.05) is 71.9 Å². The summed E-state index contributed by atoms with van der Waals surface area (Å²) in [6.45, 7) is 17.7. The Hall–Kier alpha value is -2.67. The van der Waals surface area contributed by atoms with Crippen LogP contribution in [0.4, 0.5) is 0 Å². The second-order valence-corrected chi connectivity index (χ2v) is 11.5. The molecule has 7 nitrogen and oxygen atoms in total. The highest BCUT2D eigenvalue weighted by atomic mass is 16.5. The van der Waals surface area contributed by atoms with Gasteiger partial charge in [0, 0.05) is 18.0 Å². The minimum atomic E-state index is -0.768. The van der Waals surface area contributed by atoms with E-state index in [0.29, 0.717) is 5.57 Å². The Balaban J connectivity index is 3.33. The van der Waals surface area contributed by atoms with E-state index in [1.165, 1.54) is 0 Å². The Labute approximate surface area is 224 Å². The Bertz CT molecular complexity index is 934. The van der Waals surface area contributed by atoms with Gasteiger partial charge in [0.25, 0.3) is 0 Å². The number of likely N-dealkylation sites (N-methyl/N-ethyl adjacent to an activating group) is 2. The zero-order valence-corrected chi connectivity index (χ0v) is 24.8. The van der Waals surface area contributed by atoms with E-state index in [0.717, 1.165) is 12.0 Å². The molecule has 208 valence electrons. The molecular formula is C30H49N3O4. The Kier molecular flexibility index (Phi) is 12.0. The monoisotopic (exact) mass is 515 g/mol. The molecule has 0 saturated carbocycles. The first-order chi connectivity index (χ1) is 17.1. The molecule has 7 heteroatoms. The van der Waals surface area contributed by atoms with E-state index in [-0.39, 0.29) is 30.4 Å².